The Bertz CT molecular complexity index is 1260. The predicted octanol–water partition coefficient (Wildman–Crippen LogP) is 5.47. The average molecular weight is 440 g/mol. The number of nitrogens with zero attached hydrogens (tertiary/aromatic N) is 1. The third-order valence-corrected chi connectivity index (χ3v) is 5.92. The lowest BCUT2D eigenvalue weighted by Crippen LogP contribution is -2.12. The van der Waals surface area contributed by atoms with Gasteiger partial charge in [-0.25, -0.2) is 4.98 Å². The zero-order valence-electron chi connectivity index (χ0n) is 16.2. The minimum atomic E-state index is -0.348. The Hall–Kier alpha value is -3.29. The van der Waals surface area contributed by atoms with E-state index in [0.717, 1.165) is 22.4 Å². The summed E-state index contributed by atoms with van der Waals surface area (Å²) < 4.78 is 10.6. The molecule has 0 aliphatic carbocycles. The number of rotatable bonds is 5. The molecule has 0 bridgehead atoms. The van der Waals surface area contributed by atoms with E-state index >= 15 is 0 Å². The number of nitrogens with two attached hydrogens (primary N) is 1. The molecule has 0 aliphatic rings. The number of anilines is 2. The van der Waals surface area contributed by atoms with Gasteiger partial charge >= 0.3 is 0 Å². The maximum absolute atomic E-state index is 12.9. The number of ether oxygens (including phenoxy) is 2. The van der Waals surface area contributed by atoms with Gasteiger partial charge in [-0.3, -0.25) is 4.79 Å². The molecular formula is C22H18ClN3O3S. The molecule has 3 N–H and O–H groups in total. The number of methoxy groups -OCH3 is 2. The van der Waals surface area contributed by atoms with Crippen LogP contribution in [0.5, 0.6) is 11.5 Å². The van der Waals surface area contributed by atoms with E-state index in [4.69, 9.17) is 31.8 Å². The molecule has 0 radical (unpaired) electrons. The van der Waals surface area contributed by atoms with Gasteiger partial charge in [0.1, 0.15) is 21.2 Å². The normalized spacial score (nSPS) is 10.8. The first-order chi connectivity index (χ1) is 14.5. The first-order valence-electron chi connectivity index (χ1n) is 8.98. The van der Waals surface area contributed by atoms with E-state index in [2.05, 4.69) is 5.32 Å². The Balaban J connectivity index is 1.69. The van der Waals surface area contributed by atoms with Crippen molar-refractivity contribution in [1.29, 1.82) is 0 Å². The van der Waals surface area contributed by atoms with Gasteiger partial charge in [0.15, 0.2) is 0 Å². The van der Waals surface area contributed by atoms with Crippen LogP contribution < -0.4 is 20.5 Å². The summed E-state index contributed by atoms with van der Waals surface area (Å²) >= 11 is 7.28. The topological polar surface area (TPSA) is 86.5 Å². The summed E-state index contributed by atoms with van der Waals surface area (Å²) in [5.74, 6) is 0.903. The first kappa shape index (κ1) is 20.0. The molecule has 0 unspecified atom stereocenters. The van der Waals surface area contributed by atoms with Crippen LogP contribution in [0.25, 0.3) is 21.5 Å². The number of fused-ring (bicyclic) bond motifs is 1. The fraction of sp³-hybridized carbons (Fsp3) is 0.0909. The largest absolute Gasteiger partial charge is 0.497 e. The molecule has 2 aromatic carbocycles. The Morgan fingerprint density at radius 1 is 1.10 bits per heavy atom. The van der Waals surface area contributed by atoms with Crippen LogP contribution >= 0.6 is 22.9 Å². The number of thiophene rings is 1. The van der Waals surface area contributed by atoms with E-state index in [1.165, 1.54) is 18.4 Å². The summed E-state index contributed by atoms with van der Waals surface area (Å²) in [5, 5.41) is 4.04. The van der Waals surface area contributed by atoms with E-state index in [0.29, 0.717) is 31.9 Å². The molecule has 0 fully saturated rings. The van der Waals surface area contributed by atoms with E-state index in [1.807, 2.05) is 36.4 Å². The Labute approximate surface area is 182 Å². The lowest BCUT2D eigenvalue weighted by molar-refractivity contribution is 0.103. The number of hydrogen-bond acceptors (Lipinski definition) is 6. The number of amides is 1. The van der Waals surface area contributed by atoms with Gasteiger partial charge in [-0.15, -0.1) is 11.3 Å². The van der Waals surface area contributed by atoms with Crippen LogP contribution in [0.15, 0.2) is 54.6 Å². The van der Waals surface area contributed by atoms with Gasteiger partial charge in [0.25, 0.3) is 5.91 Å². The van der Waals surface area contributed by atoms with Crippen molar-refractivity contribution in [2.45, 2.75) is 0 Å². The van der Waals surface area contributed by atoms with Crippen molar-refractivity contribution in [3.05, 3.63) is 64.5 Å². The first-order valence-corrected chi connectivity index (χ1v) is 10.2. The summed E-state index contributed by atoms with van der Waals surface area (Å²) in [6.45, 7) is 0. The highest BCUT2D eigenvalue weighted by molar-refractivity contribution is 7.21. The fourth-order valence-electron chi connectivity index (χ4n) is 3.07. The second kappa shape index (κ2) is 8.22. The van der Waals surface area contributed by atoms with Crippen LogP contribution in [0.1, 0.15) is 9.67 Å². The molecule has 2 heterocycles. The third-order valence-electron chi connectivity index (χ3n) is 4.58. The van der Waals surface area contributed by atoms with Crippen molar-refractivity contribution in [2.24, 2.45) is 0 Å². The molecule has 0 aliphatic heterocycles. The van der Waals surface area contributed by atoms with Crippen LogP contribution in [-0.2, 0) is 0 Å². The van der Waals surface area contributed by atoms with Crippen LogP contribution in [0.3, 0.4) is 0 Å². The van der Waals surface area contributed by atoms with Gasteiger partial charge in [0, 0.05) is 16.0 Å². The number of aromatic nitrogens is 1. The zero-order chi connectivity index (χ0) is 21.3. The van der Waals surface area contributed by atoms with Crippen molar-refractivity contribution < 1.29 is 14.3 Å². The van der Waals surface area contributed by atoms with Gasteiger partial charge in [-0.05, 0) is 42.5 Å². The molecular weight excluding hydrogens is 422 g/mol. The highest BCUT2D eigenvalue weighted by Crippen LogP contribution is 2.36. The van der Waals surface area contributed by atoms with Gasteiger partial charge in [0.05, 0.1) is 31.3 Å². The number of hydrogen-bond donors (Lipinski definition) is 2. The number of carbonyl (C=O) groups is 1. The fourth-order valence-corrected chi connectivity index (χ4v) is 4.23. The SMILES string of the molecule is COc1cccc(-c2ccc3c(N)c(C(=O)Nc4cc(Cl)ccc4OC)sc3n2)c1. The second-order valence-electron chi connectivity index (χ2n) is 6.42. The van der Waals surface area contributed by atoms with Crippen molar-refractivity contribution in [3.63, 3.8) is 0 Å². The molecule has 2 aromatic heterocycles. The minimum Gasteiger partial charge on any atom is -0.497 e. The molecule has 1 amide bonds. The third kappa shape index (κ3) is 3.77. The molecule has 6 nitrogen and oxygen atoms in total. The predicted molar refractivity (Wildman–Crippen MR) is 122 cm³/mol. The van der Waals surface area contributed by atoms with Gasteiger partial charge in [-0.1, -0.05) is 23.7 Å². The molecule has 0 spiro atoms. The molecule has 4 rings (SSSR count). The van der Waals surface area contributed by atoms with Gasteiger partial charge in [0.2, 0.25) is 0 Å². The molecule has 152 valence electrons. The maximum Gasteiger partial charge on any atom is 0.268 e. The summed E-state index contributed by atoms with van der Waals surface area (Å²) in [5.41, 5.74) is 8.80. The second-order valence-corrected chi connectivity index (χ2v) is 7.86. The highest BCUT2D eigenvalue weighted by atomic mass is 35.5. The van der Waals surface area contributed by atoms with Crippen LogP contribution in [0.4, 0.5) is 11.4 Å². The summed E-state index contributed by atoms with van der Waals surface area (Å²) in [4.78, 5) is 18.6. The minimum absolute atomic E-state index is 0.348. The van der Waals surface area contributed by atoms with Crippen LogP contribution in [0.2, 0.25) is 5.02 Å². The average Bonchev–Trinajstić information content (AvgIpc) is 3.10. The standard InChI is InChI=1S/C22H18ClN3O3S/c1-28-14-5-3-4-12(10-14)16-8-7-15-19(24)20(30-22(15)26-16)21(27)25-17-11-13(23)6-9-18(17)29-2/h3-11H,24H2,1-2H3,(H,25,27). The Morgan fingerprint density at radius 2 is 1.93 bits per heavy atom. The Morgan fingerprint density at radius 3 is 2.70 bits per heavy atom. The van der Waals surface area contributed by atoms with E-state index in [-0.39, 0.29) is 5.91 Å². The smallest absolute Gasteiger partial charge is 0.268 e. The van der Waals surface area contributed by atoms with Crippen LogP contribution in [0, 0.1) is 0 Å². The van der Waals surface area contributed by atoms with Crippen molar-refractivity contribution >= 4 is 50.4 Å². The summed E-state index contributed by atoms with van der Waals surface area (Å²) in [7, 11) is 3.15. The number of benzene rings is 2. The van der Waals surface area contributed by atoms with Crippen LogP contribution in [-0.4, -0.2) is 25.1 Å². The number of nitrogen functional groups attached to an aromatic ring is 1. The van der Waals surface area contributed by atoms with Crippen molar-refractivity contribution in [2.75, 3.05) is 25.3 Å². The van der Waals surface area contributed by atoms with E-state index in [1.54, 1.807) is 25.3 Å². The van der Waals surface area contributed by atoms with Gasteiger partial charge in [-0.2, -0.15) is 0 Å². The molecule has 30 heavy (non-hydrogen) atoms. The molecule has 0 saturated carbocycles. The highest BCUT2D eigenvalue weighted by Gasteiger charge is 2.19. The summed E-state index contributed by atoms with van der Waals surface area (Å²) in [6, 6.07) is 16.4. The molecule has 8 heteroatoms. The van der Waals surface area contributed by atoms with Crippen molar-refractivity contribution in [1.82, 2.24) is 4.98 Å². The summed E-state index contributed by atoms with van der Waals surface area (Å²) in [6.07, 6.45) is 0. The molecule has 0 saturated heterocycles. The van der Waals surface area contributed by atoms with E-state index in [9.17, 15) is 4.79 Å². The monoisotopic (exact) mass is 439 g/mol. The quantitative estimate of drug-likeness (QED) is 0.430. The number of halogens is 1. The maximum atomic E-state index is 12.9. The Kier molecular flexibility index (Phi) is 5.48. The zero-order valence-corrected chi connectivity index (χ0v) is 17.8. The number of pyridine rings is 1. The lowest BCUT2D eigenvalue weighted by Gasteiger charge is -2.10. The number of carbonyl (C=O) groups excluding carboxylic acids is 1. The molecule has 4 aromatic rings. The lowest BCUT2D eigenvalue weighted by atomic mass is 10.1. The number of nitrogens with one attached hydrogen (secondary N) is 1. The molecule has 0 atom stereocenters. The van der Waals surface area contributed by atoms with Gasteiger partial charge < -0.3 is 20.5 Å². The van der Waals surface area contributed by atoms with E-state index < -0.39 is 0 Å². The van der Waals surface area contributed by atoms with Crippen molar-refractivity contribution in [3.8, 4) is 22.8 Å².